The number of hydrogen-bond donors (Lipinski definition) is 0. The van der Waals surface area contributed by atoms with E-state index in [-0.39, 0.29) is 18.4 Å². The number of aromatic nitrogens is 4. The second kappa shape index (κ2) is 5.10. The van der Waals surface area contributed by atoms with E-state index < -0.39 is 0 Å². The highest BCUT2D eigenvalue weighted by atomic mass is 19.1. The van der Waals surface area contributed by atoms with Crippen molar-refractivity contribution in [1.29, 1.82) is 0 Å². The molecule has 0 spiro atoms. The van der Waals surface area contributed by atoms with Gasteiger partial charge in [-0.1, -0.05) is 18.2 Å². The van der Waals surface area contributed by atoms with Gasteiger partial charge in [0, 0.05) is 0 Å². The quantitative estimate of drug-likeness (QED) is 0.742. The van der Waals surface area contributed by atoms with E-state index in [0.29, 0.717) is 17.9 Å². The van der Waals surface area contributed by atoms with Crippen LogP contribution in [0.15, 0.2) is 42.5 Å². The third kappa shape index (κ3) is 2.26. The molecule has 0 radical (unpaired) electrons. The summed E-state index contributed by atoms with van der Waals surface area (Å²) >= 11 is 0. The number of ether oxygens (including phenoxy) is 2. The Hall–Kier alpha value is -2.96. The van der Waals surface area contributed by atoms with E-state index >= 15 is 0 Å². The van der Waals surface area contributed by atoms with Crippen molar-refractivity contribution in [2.24, 2.45) is 0 Å². The maximum Gasteiger partial charge on any atom is 0.231 e. The number of rotatable bonds is 3. The fourth-order valence-corrected chi connectivity index (χ4v) is 2.26. The Labute approximate surface area is 125 Å². The molecule has 0 aliphatic carbocycles. The van der Waals surface area contributed by atoms with Crippen molar-refractivity contribution in [2.75, 3.05) is 6.79 Å². The minimum Gasteiger partial charge on any atom is -0.454 e. The van der Waals surface area contributed by atoms with E-state index in [1.807, 2.05) is 18.2 Å². The van der Waals surface area contributed by atoms with Crippen molar-refractivity contribution >= 4 is 0 Å². The van der Waals surface area contributed by atoms with Gasteiger partial charge < -0.3 is 9.47 Å². The standard InChI is InChI=1S/C15H11FN4O2/c16-12-4-2-1-3-11(12)15-17-19-20(18-15)8-10-5-6-13-14(7-10)22-9-21-13/h1-7H,8-9H2. The fourth-order valence-electron chi connectivity index (χ4n) is 2.26. The molecular weight excluding hydrogens is 287 g/mol. The summed E-state index contributed by atoms with van der Waals surface area (Å²) in [7, 11) is 0. The highest BCUT2D eigenvalue weighted by Gasteiger charge is 2.14. The number of nitrogens with zero attached hydrogens (tertiary/aromatic N) is 4. The Morgan fingerprint density at radius 3 is 2.86 bits per heavy atom. The van der Waals surface area contributed by atoms with Crippen molar-refractivity contribution in [3.05, 3.63) is 53.8 Å². The van der Waals surface area contributed by atoms with Crippen LogP contribution in [-0.4, -0.2) is 27.0 Å². The van der Waals surface area contributed by atoms with Gasteiger partial charge in [-0.15, -0.1) is 10.2 Å². The molecule has 4 rings (SSSR count). The second-order valence-corrected chi connectivity index (χ2v) is 4.81. The molecule has 0 saturated heterocycles. The van der Waals surface area contributed by atoms with Crippen molar-refractivity contribution in [3.8, 4) is 22.9 Å². The topological polar surface area (TPSA) is 62.1 Å². The largest absolute Gasteiger partial charge is 0.454 e. The Kier molecular flexibility index (Phi) is 2.96. The number of halogens is 1. The number of benzene rings is 2. The maximum atomic E-state index is 13.7. The molecule has 6 nitrogen and oxygen atoms in total. The maximum absolute atomic E-state index is 13.7. The fraction of sp³-hybridized carbons (Fsp3) is 0.133. The van der Waals surface area contributed by atoms with Gasteiger partial charge >= 0.3 is 0 Å². The van der Waals surface area contributed by atoms with Crippen LogP contribution in [0.4, 0.5) is 4.39 Å². The van der Waals surface area contributed by atoms with E-state index in [4.69, 9.17) is 9.47 Å². The van der Waals surface area contributed by atoms with Crippen LogP contribution in [-0.2, 0) is 6.54 Å². The number of fused-ring (bicyclic) bond motifs is 1. The average molecular weight is 298 g/mol. The third-order valence-electron chi connectivity index (χ3n) is 3.33. The molecule has 7 heteroatoms. The van der Waals surface area contributed by atoms with E-state index in [1.165, 1.54) is 10.9 Å². The summed E-state index contributed by atoms with van der Waals surface area (Å²) in [5.74, 6) is 1.32. The van der Waals surface area contributed by atoms with Gasteiger partial charge in [0.15, 0.2) is 11.5 Å². The van der Waals surface area contributed by atoms with E-state index in [1.54, 1.807) is 18.2 Å². The molecule has 1 aliphatic heterocycles. The van der Waals surface area contributed by atoms with Crippen LogP contribution in [0.2, 0.25) is 0 Å². The summed E-state index contributed by atoms with van der Waals surface area (Å²) < 4.78 is 24.3. The van der Waals surface area contributed by atoms with Crippen LogP contribution in [0.25, 0.3) is 11.4 Å². The molecular formula is C15H11FN4O2. The number of hydrogen-bond acceptors (Lipinski definition) is 5. The van der Waals surface area contributed by atoms with Gasteiger partial charge in [0.2, 0.25) is 12.6 Å². The lowest BCUT2D eigenvalue weighted by Gasteiger charge is -2.01. The predicted octanol–water partition coefficient (Wildman–Crippen LogP) is 2.26. The molecule has 110 valence electrons. The number of tetrazole rings is 1. The Bertz CT molecular complexity index is 834. The Balaban J connectivity index is 1.59. The van der Waals surface area contributed by atoms with Crippen molar-refractivity contribution in [1.82, 2.24) is 20.2 Å². The van der Waals surface area contributed by atoms with Gasteiger partial charge in [-0.3, -0.25) is 0 Å². The first kappa shape index (κ1) is 12.8. The predicted molar refractivity (Wildman–Crippen MR) is 74.9 cm³/mol. The summed E-state index contributed by atoms with van der Waals surface area (Å²) in [5.41, 5.74) is 1.28. The molecule has 0 unspecified atom stereocenters. The lowest BCUT2D eigenvalue weighted by molar-refractivity contribution is 0.174. The second-order valence-electron chi connectivity index (χ2n) is 4.81. The van der Waals surface area contributed by atoms with Crippen LogP contribution < -0.4 is 9.47 Å². The lowest BCUT2D eigenvalue weighted by Crippen LogP contribution is -2.04. The zero-order valence-electron chi connectivity index (χ0n) is 11.4. The smallest absolute Gasteiger partial charge is 0.231 e. The lowest BCUT2D eigenvalue weighted by atomic mass is 10.2. The Morgan fingerprint density at radius 1 is 1.09 bits per heavy atom. The molecule has 0 fully saturated rings. The molecule has 2 heterocycles. The zero-order valence-corrected chi connectivity index (χ0v) is 11.4. The van der Waals surface area contributed by atoms with Crippen molar-refractivity contribution in [3.63, 3.8) is 0 Å². The van der Waals surface area contributed by atoms with Crippen LogP contribution in [0.1, 0.15) is 5.56 Å². The molecule has 1 aliphatic rings. The highest BCUT2D eigenvalue weighted by molar-refractivity contribution is 5.54. The molecule has 0 bridgehead atoms. The average Bonchev–Trinajstić information content (AvgIpc) is 3.16. The SMILES string of the molecule is Fc1ccccc1-c1nnn(Cc2ccc3c(c2)OCO3)n1. The minimum absolute atomic E-state index is 0.234. The summed E-state index contributed by atoms with van der Waals surface area (Å²) in [5, 5.41) is 12.1. The van der Waals surface area contributed by atoms with Crippen molar-refractivity contribution < 1.29 is 13.9 Å². The first-order valence-corrected chi connectivity index (χ1v) is 6.71. The summed E-state index contributed by atoms with van der Waals surface area (Å²) in [4.78, 5) is 1.42. The van der Waals surface area contributed by atoms with Gasteiger partial charge in [0.1, 0.15) is 5.82 Å². The molecule has 0 atom stereocenters. The van der Waals surface area contributed by atoms with E-state index in [2.05, 4.69) is 15.4 Å². The van der Waals surface area contributed by atoms with Crippen LogP contribution >= 0.6 is 0 Å². The monoisotopic (exact) mass is 298 g/mol. The minimum atomic E-state index is -0.370. The highest BCUT2D eigenvalue weighted by Crippen LogP contribution is 2.32. The third-order valence-corrected chi connectivity index (χ3v) is 3.33. The Morgan fingerprint density at radius 2 is 1.95 bits per heavy atom. The van der Waals surface area contributed by atoms with Crippen molar-refractivity contribution in [2.45, 2.75) is 6.54 Å². The summed E-state index contributed by atoms with van der Waals surface area (Å²) in [6, 6.07) is 12.0. The van der Waals surface area contributed by atoms with Gasteiger partial charge in [-0.05, 0) is 35.0 Å². The van der Waals surface area contributed by atoms with Crippen LogP contribution in [0.5, 0.6) is 11.5 Å². The summed E-state index contributed by atoms with van der Waals surface area (Å²) in [6.07, 6.45) is 0. The summed E-state index contributed by atoms with van der Waals surface area (Å²) in [6.45, 7) is 0.649. The van der Waals surface area contributed by atoms with Gasteiger partial charge in [-0.25, -0.2) is 4.39 Å². The van der Waals surface area contributed by atoms with Gasteiger partial charge in [-0.2, -0.15) is 4.80 Å². The first-order valence-electron chi connectivity index (χ1n) is 6.71. The molecule has 0 saturated carbocycles. The molecule has 1 aromatic heterocycles. The van der Waals surface area contributed by atoms with Crippen LogP contribution in [0, 0.1) is 5.82 Å². The zero-order chi connectivity index (χ0) is 14.9. The van der Waals surface area contributed by atoms with E-state index in [0.717, 1.165) is 11.3 Å². The normalized spacial score (nSPS) is 12.6. The molecule has 3 aromatic rings. The van der Waals surface area contributed by atoms with Crippen LogP contribution in [0.3, 0.4) is 0 Å². The van der Waals surface area contributed by atoms with Gasteiger partial charge in [0.25, 0.3) is 0 Å². The van der Waals surface area contributed by atoms with E-state index in [9.17, 15) is 4.39 Å². The van der Waals surface area contributed by atoms with Gasteiger partial charge in [0.05, 0.1) is 12.1 Å². The molecule has 22 heavy (non-hydrogen) atoms. The molecule has 0 N–H and O–H groups in total. The molecule has 2 aromatic carbocycles. The first-order chi connectivity index (χ1) is 10.8. The molecule has 0 amide bonds.